The third kappa shape index (κ3) is 3.47. The predicted octanol–water partition coefficient (Wildman–Crippen LogP) is 5.17. The summed E-state index contributed by atoms with van der Waals surface area (Å²) in [6, 6.07) is 17.7. The van der Waals surface area contributed by atoms with Gasteiger partial charge in [-0.1, -0.05) is 23.7 Å². The van der Waals surface area contributed by atoms with Crippen LogP contribution in [0.4, 0.5) is 0 Å². The Bertz CT molecular complexity index is 1250. The first kappa shape index (κ1) is 18.9. The van der Waals surface area contributed by atoms with Crippen LogP contribution in [0.25, 0.3) is 22.4 Å². The molecule has 0 spiro atoms. The van der Waals surface area contributed by atoms with E-state index < -0.39 is 0 Å². The quantitative estimate of drug-likeness (QED) is 0.429. The summed E-state index contributed by atoms with van der Waals surface area (Å²) >= 11 is 6.16. The van der Waals surface area contributed by atoms with Crippen LogP contribution in [0.3, 0.4) is 0 Å². The fourth-order valence-electron chi connectivity index (χ4n) is 4.08. The van der Waals surface area contributed by atoms with Gasteiger partial charge in [-0.2, -0.15) is 10.4 Å². The lowest BCUT2D eigenvalue weighted by atomic mass is 10.1. The molecule has 3 aromatic heterocycles. The van der Waals surface area contributed by atoms with Crippen LogP contribution in [-0.4, -0.2) is 25.9 Å². The third-order valence-corrected chi connectivity index (χ3v) is 5.69. The van der Waals surface area contributed by atoms with Gasteiger partial charge in [-0.15, -0.1) is 0 Å². The summed E-state index contributed by atoms with van der Waals surface area (Å²) in [4.78, 5) is 4.52. The monoisotopic (exact) mass is 417 g/mol. The first-order chi connectivity index (χ1) is 14.7. The predicted molar refractivity (Wildman–Crippen MR) is 115 cm³/mol. The van der Waals surface area contributed by atoms with E-state index in [-0.39, 0.29) is 6.23 Å². The van der Waals surface area contributed by atoms with Crippen molar-refractivity contribution in [2.45, 2.75) is 32.0 Å². The Kier molecular flexibility index (Phi) is 4.99. The van der Waals surface area contributed by atoms with E-state index in [1.54, 1.807) is 6.07 Å². The lowest BCUT2D eigenvalue weighted by Gasteiger charge is -2.25. The Hall–Kier alpha value is -3.14. The van der Waals surface area contributed by atoms with Crippen molar-refractivity contribution in [3.05, 3.63) is 71.0 Å². The Morgan fingerprint density at radius 1 is 1.13 bits per heavy atom. The van der Waals surface area contributed by atoms with Crippen LogP contribution in [-0.2, 0) is 11.3 Å². The molecule has 1 atom stereocenters. The van der Waals surface area contributed by atoms with Crippen LogP contribution in [0.15, 0.2) is 54.7 Å². The normalized spacial score (nSPS) is 16.6. The van der Waals surface area contributed by atoms with E-state index in [4.69, 9.17) is 16.3 Å². The van der Waals surface area contributed by atoms with Gasteiger partial charge >= 0.3 is 0 Å². The zero-order valence-electron chi connectivity index (χ0n) is 16.3. The molecular weight excluding hydrogens is 398 g/mol. The molecular formula is C23H20ClN5O. The summed E-state index contributed by atoms with van der Waals surface area (Å²) in [5.41, 5.74) is 5.47. The molecule has 5 rings (SSSR count). The van der Waals surface area contributed by atoms with Gasteiger partial charge in [0.25, 0.3) is 0 Å². The molecule has 1 aliphatic heterocycles. The molecule has 0 aliphatic carbocycles. The minimum Gasteiger partial charge on any atom is -0.356 e. The highest BCUT2D eigenvalue weighted by Gasteiger charge is 2.22. The molecule has 0 radical (unpaired) electrons. The summed E-state index contributed by atoms with van der Waals surface area (Å²) in [6.45, 7) is 1.36. The molecule has 0 amide bonds. The number of hydrogen-bond acceptors (Lipinski definition) is 4. The SMILES string of the molecule is N#Cc1cccc(Cn2c(-c3ccnn3C3CCCCO3)cc3nc(Cl)ccc32)c1. The van der Waals surface area contributed by atoms with E-state index in [0.29, 0.717) is 17.3 Å². The zero-order valence-corrected chi connectivity index (χ0v) is 17.1. The fraction of sp³-hybridized carbons (Fsp3) is 0.261. The van der Waals surface area contributed by atoms with Crippen molar-refractivity contribution in [2.75, 3.05) is 6.61 Å². The molecule has 7 heteroatoms. The van der Waals surface area contributed by atoms with Gasteiger partial charge in [0.1, 0.15) is 5.15 Å². The van der Waals surface area contributed by atoms with Crippen molar-refractivity contribution >= 4 is 22.6 Å². The Labute approximate surface area is 179 Å². The minimum atomic E-state index is -0.0614. The fourth-order valence-corrected chi connectivity index (χ4v) is 4.24. The highest BCUT2D eigenvalue weighted by Crippen LogP contribution is 2.32. The van der Waals surface area contributed by atoms with Gasteiger partial charge in [0.15, 0.2) is 6.23 Å². The maximum atomic E-state index is 9.27. The number of pyridine rings is 1. The number of halogens is 1. The summed E-state index contributed by atoms with van der Waals surface area (Å²) < 4.78 is 10.2. The molecule has 0 saturated carbocycles. The molecule has 150 valence electrons. The lowest BCUT2D eigenvalue weighted by Crippen LogP contribution is -2.20. The molecule has 4 heterocycles. The van der Waals surface area contributed by atoms with Crippen LogP contribution in [0.5, 0.6) is 0 Å². The number of nitrogens with zero attached hydrogens (tertiary/aromatic N) is 5. The van der Waals surface area contributed by atoms with E-state index >= 15 is 0 Å². The number of nitriles is 1. The van der Waals surface area contributed by atoms with Gasteiger partial charge in [-0.25, -0.2) is 9.67 Å². The Morgan fingerprint density at radius 2 is 2.07 bits per heavy atom. The highest BCUT2D eigenvalue weighted by atomic mass is 35.5. The first-order valence-electron chi connectivity index (χ1n) is 10.0. The van der Waals surface area contributed by atoms with Crippen molar-refractivity contribution in [2.24, 2.45) is 0 Å². The number of hydrogen-bond donors (Lipinski definition) is 0. The van der Waals surface area contributed by atoms with Gasteiger partial charge in [0.05, 0.1) is 34.1 Å². The van der Waals surface area contributed by atoms with Crippen LogP contribution < -0.4 is 0 Å². The molecule has 1 saturated heterocycles. The second-order valence-electron chi connectivity index (χ2n) is 7.45. The van der Waals surface area contributed by atoms with Gasteiger partial charge in [0, 0.05) is 19.3 Å². The van der Waals surface area contributed by atoms with Crippen molar-refractivity contribution in [3.63, 3.8) is 0 Å². The molecule has 1 aromatic carbocycles. The van der Waals surface area contributed by atoms with Gasteiger partial charge < -0.3 is 9.30 Å². The minimum absolute atomic E-state index is 0.0614. The second-order valence-corrected chi connectivity index (χ2v) is 7.84. The first-order valence-corrected chi connectivity index (χ1v) is 10.4. The van der Waals surface area contributed by atoms with E-state index in [9.17, 15) is 5.26 Å². The largest absolute Gasteiger partial charge is 0.356 e. The maximum absolute atomic E-state index is 9.27. The van der Waals surface area contributed by atoms with Crippen LogP contribution in [0, 0.1) is 11.3 Å². The molecule has 30 heavy (non-hydrogen) atoms. The van der Waals surface area contributed by atoms with Crippen molar-refractivity contribution in [3.8, 4) is 17.5 Å². The summed E-state index contributed by atoms with van der Waals surface area (Å²) in [7, 11) is 0. The van der Waals surface area contributed by atoms with E-state index in [0.717, 1.165) is 53.9 Å². The van der Waals surface area contributed by atoms with Crippen molar-refractivity contribution in [1.29, 1.82) is 5.26 Å². The third-order valence-electron chi connectivity index (χ3n) is 5.48. The standard InChI is InChI=1S/C23H20ClN5O/c24-22-8-7-19-18(27-22)13-21(28(19)15-17-5-3-4-16(12-17)14-25)20-9-10-26-29(20)23-6-1-2-11-30-23/h3-5,7-10,12-13,23H,1-2,6,11,15H2. The molecule has 1 aliphatic rings. The van der Waals surface area contributed by atoms with Gasteiger partial charge in [-0.05, 0) is 61.2 Å². The highest BCUT2D eigenvalue weighted by molar-refractivity contribution is 6.29. The average Bonchev–Trinajstić information content (AvgIpc) is 3.39. The van der Waals surface area contributed by atoms with Crippen LogP contribution in [0.2, 0.25) is 5.15 Å². The number of fused-ring (bicyclic) bond motifs is 1. The number of aromatic nitrogens is 4. The molecule has 4 aromatic rings. The molecule has 0 N–H and O–H groups in total. The van der Waals surface area contributed by atoms with E-state index in [2.05, 4.69) is 20.7 Å². The van der Waals surface area contributed by atoms with Crippen molar-refractivity contribution in [1.82, 2.24) is 19.3 Å². The lowest BCUT2D eigenvalue weighted by molar-refractivity contribution is -0.0384. The van der Waals surface area contributed by atoms with E-state index in [1.165, 1.54) is 0 Å². The topological polar surface area (TPSA) is 68.7 Å². The Balaban J connectivity index is 1.64. The second kappa shape index (κ2) is 7.94. The molecule has 1 unspecified atom stereocenters. The van der Waals surface area contributed by atoms with Gasteiger partial charge in [-0.3, -0.25) is 0 Å². The summed E-state index contributed by atoms with van der Waals surface area (Å²) in [6.07, 6.45) is 4.92. The zero-order chi connectivity index (χ0) is 20.5. The average molecular weight is 418 g/mol. The number of benzene rings is 1. The summed E-state index contributed by atoms with van der Waals surface area (Å²) in [5.74, 6) is 0. The summed E-state index contributed by atoms with van der Waals surface area (Å²) in [5, 5.41) is 14.3. The van der Waals surface area contributed by atoms with Crippen LogP contribution in [0.1, 0.15) is 36.6 Å². The molecule has 6 nitrogen and oxygen atoms in total. The maximum Gasteiger partial charge on any atom is 0.150 e. The molecule has 0 bridgehead atoms. The molecule has 1 fully saturated rings. The Morgan fingerprint density at radius 3 is 2.90 bits per heavy atom. The number of ether oxygens (including phenoxy) is 1. The number of rotatable bonds is 4. The van der Waals surface area contributed by atoms with Crippen LogP contribution >= 0.6 is 11.6 Å². The smallest absolute Gasteiger partial charge is 0.150 e. The van der Waals surface area contributed by atoms with E-state index in [1.807, 2.05) is 53.3 Å². The van der Waals surface area contributed by atoms with Gasteiger partial charge in [0.2, 0.25) is 0 Å². The van der Waals surface area contributed by atoms with Crippen molar-refractivity contribution < 1.29 is 4.74 Å².